The highest BCUT2D eigenvalue weighted by atomic mass is 35.5. The Bertz CT molecular complexity index is 1230. The van der Waals surface area contributed by atoms with E-state index in [9.17, 15) is 4.79 Å². The van der Waals surface area contributed by atoms with E-state index < -0.39 is 0 Å². The Balaban J connectivity index is 1.51. The molecule has 5 heteroatoms. The quantitative estimate of drug-likeness (QED) is 0.350. The Morgan fingerprint density at radius 3 is 2.47 bits per heavy atom. The second-order valence-electron chi connectivity index (χ2n) is 7.54. The number of hydrogen-bond donors (Lipinski definition) is 1. The van der Waals surface area contributed by atoms with Crippen LogP contribution in [-0.4, -0.2) is 13.0 Å². The summed E-state index contributed by atoms with van der Waals surface area (Å²) < 4.78 is 11.6. The Hall–Kier alpha value is -3.50. The van der Waals surface area contributed by atoms with Gasteiger partial charge in [0.25, 0.3) is 5.91 Å². The Kier molecular flexibility index (Phi) is 6.62. The van der Waals surface area contributed by atoms with Crippen molar-refractivity contribution in [2.75, 3.05) is 7.11 Å². The van der Waals surface area contributed by atoms with Crippen LogP contribution in [-0.2, 0) is 6.61 Å². The van der Waals surface area contributed by atoms with Crippen molar-refractivity contribution in [3.63, 3.8) is 0 Å². The van der Waals surface area contributed by atoms with Gasteiger partial charge in [0, 0.05) is 21.5 Å². The van der Waals surface area contributed by atoms with Crippen LogP contribution in [0.2, 0.25) is 5.02 Å². The molecule has 4 aromatic rings. The van der Waals surface area contributed by atoms with Gasteiger partial charge in [0.1, 0.15) is 18.1 Å². The smallest absolute Gasteiger partial charge is 0.251 e. The third-order valence-corrected chi connectivity index (χ3v) is 5.64. The number of nitrogens with one attached hydrogen (secondary N) is 1. The molecule has 0 aliphatic heterocycles. The molecule has 0 fully saturated rings. The standard InChI is InChI=1S/C27H24ClNO3/c1-18(19-10-13-23(28)14-11-19)29-27(30)21-12-15-25(31-2)22(16-21)17-32-26-9-5-7-20-6-3-4-8-24(20)26/h3-16,18H,17H2,1-2H3,(H,29,30)/t18-/m0/s1. The van der Waals surface area contributed by atoms with E-state index in [-0.39, 0.29) is 18.6 Å². The molecule has 0 heterocycles. The van der Waals surface area contributed by atoms with Gasteiger partial charge in [0.15, 0.2) is 0 Å². The molecule has 4 rings (SSSR count). The van der Waals surface area contributed by atoms with Crippen LogP contribution in [0.5, 0.6) is 11.5 Å². The third-order valence-electron chi connectivity index (χ3n) is 5.39. The number of ether oxygens (including phenoxy) is 2. The lowest BCUT2D eigenvalue weighted by Gasteiger charge is -2.16. The number of fused-ring (bicyclic) bond motifs is 1. The molecule has 162 valence electrons. The van der Waals surface area contributed by atoms with Gasteiger partial charge in [-0.05, 0) is 54.3 Å². The van der Waals surface area contributed by atoms with Crippen molar-refractivity contribution in [2.45, 2.75) is 19.6 Å². The van der Waals surface area contributed by atoms with Gasteiger partial charge in [-0.3, -0.25) is 4.79 Å². The summed E-state index contributed by atoms with van der Waals surface area (Å²) in [4.78, 5) is 12.9. The van der Waals surface area contributed by atoms with Crippen LogP contribution in [0, 0.1) is 0 Å². The van der Waals surface area contributed by atoms with Crippen molar-refractivity contribution in [1.82, 2.24) is 5.32 Å². The molecule has 0 aliphatic rings. The molecule has 1 atom stereocenters. The first-order valence-corrected chi connectivity index (χ1v) is 10.8. The van der Waals surface area contributed by atoms with Gasteiger partial charge < -0.3 is 14.8 Å². The highest BCUT2D eigenvalue weighted by Gasteiger charge is 2.15. The summed E-state index contributed by atoms with van der Waals surface area (Å²) in [5.74, 6) is 1.30. The first-order valence-electron chi connectivity index (χ1n) is 10.4. The summed E-state index contributed by atoms with van der Waals surface area (Å²) >= 11 is 5.96. The monoisotopic (exact) mass is 445 g/mol. The van der Waals surface area contributed by atoms with E-state index in [0.29, 0.717) is 16.3 Å². The molecule has 0 bridgehead atoms. The average Bonchev–Trinajstić information content (AvgIpc) is 2.82. The normalized spacial score (nSPS) is 11.7. The average molecular weight is 446 g/mol. The second kappa shape index (κ2) is 9.75. The van der Waals surface area contributed by atoms with Gasteiger partial charge in [-0.15, -0.1) is 0 Å². The number of amides is 1. The molecule has 0 radical (unpaired) electrons. The van der Waals surface area contributed by atoms with E-state index in [2.05, 4.69) is 17.4 Å². The van der Waals surface area contributed by atoms with E-state index in [1.54, 1.807) is 19.2 Å². The van der Waals surface area contributed by atoms with Gasteiger partial charge in [0.2, 0.25) is 0 Å². The molecule has 0 aromatic heterocycles. The number of benzene rings is 4. The molecule has 4 aromatic carbocycles. The van der Waals surface area contributed by atoms with Crippen molar-refractivity contribution in [3.8, 4) is 11.5 Å². The van der Waals surface area contributed by atoms with Gasteiger partial charge >= 0.3 is 0 Å². The van der Waals surface area contributed by atoms with Crippen molar-refractivity contribution in [3.05, 3.63) is 107 Å². The highest BCUT2D eigenvalue weighted by Crippen LogP contribution is 2.28. The molecule has 1 N–H and O–H groups in total. The van der Waals surface area contributed by atoms with Crippen LogP contribution in [0.15, 0.2) is 84.9 Å². The van der Waals surface area contributed by atoms with Crippen molar-refractivity contribution >= 4 is 28.3 Å². The summed E-state index contributed by atoms with van der Waals surface area (Å²) in [6.07, 6.45) is 0. The number of rotatable bonds is 7. The van der Waals surface area contributed by atoms with Crippen molar-refractivity contribution < 1.29 is 14.3 Å². The number of halogens is 1. The topological polar surface area (TPSA) is 47.6 Å². The number of carbonyl (C=O) groups excluding carboxylic acids is 1. The number of hydrogen-bond acceptors (Lipinski definition) is 3. The molecule has 0 spiro atoms. The van der Waals surface area contributed by atoms with Gasteiger partial charge in [0.05, 0.1) is 13.2 Å². The minimum Gasteiger partial charge on any atom is -0.496 e. The molecule has 32 heavy (non-hydrogen) atoms. The van der Waals surface area contributed by atoms with Crippen LogP contribution in [0.25, 0.3) is 10.8 Å². The van der Waals surface area contributed by atoms with E-state index in [1.807, 2.05) is 67.6 Å². The van der Waals surface area contributed by atoms with E-state index in [0.717, 1.165) is 27.6 Å². The number of methoxy groups -OCH3 is 1. The molecule has 1 amide bonds. The largest absolute Gasteiger partial charge is 0.496 e. The van der Waals surface area contributed by atoms with E-state index in [4.69, 9.17) is 21.1 Å². The van der Waals surface area contributed by atoms with E-state index >= 15 is 0 Å². The van der Waals surface area contributed by atoms with Crippen LogP contribution < -0.4 is 14.8 Å². The molecule has 0 aliphatic carbocycles. The molecular formula is C27H24ClNO3. The lowest BCUT2D eigenvalue weighted by Crippen LogP contribution is -2.26. The fourth-order valence-corrected chi connectivity index (χ4v) is 3.75. The summed E-state index contributed by atoms with van der Waals surface area (Å²) in [6.45, 7) is 2.22. The van der Waals surface area contributed by atoms with Crippen molar-refractivity contribution in [1.29, 1.82) is 0 Å². The summed E-state index contributed by atoms with van der Waals surface area (Å²) in [6, 6.07) is 26.7. The minimum absolute atomic E-state index is 0.155. The maximum absolute atomic E-state index is 12.9. The molecule has 0 unspecified atom stereocenters. The predicted octanol–water partition coefficient (Wildman–Crippen LogP) is 6.57. The van der Waals surface area contributed by atoms with Gasteiger partial charge in [-0.2, -0.15) is 0 Å². The molecule has 4 nitrogen and oxygen atoms in total. The van der Waals surface area contributed by atoms with Gasteiger partial charge in [-0.25, -0.2) is 0 Å². The lowest BCUT2D eigenvalue weighted by molar-refractivity contribution is 0.0939. The van der Waals surface area contributed by atoms with E-state index in [1.165, 1.54) is 0 Å². The summed E-state index contributed by atoms with van der Waals surface area (Å²) in [5, 5.41) is 5.85. The lowest BCUT2D eigenvalue weighted by atomic mass is 10.1. The van der Waals surface area contributed by atoms with Gasteiger partial charge in [-0.1, -0.05) is 60.1 Å². The molecular weight excluding hydrogens is 422 g/mol. The minimum atomic E-state index is -0.165. The molecule has 0 saturated heterocycles. The van der Waals surface area contributed by atoms with Crippen LogP contribution >= 0.6 is 11.6 Å². The fraction of sp³-hybridized carbons (Fsp3) is 0.148. The third kappa shape index (κ3) is 4.87. The van der Waals surface area contributed by atoms with Crippen LogP contribution in [0.4, 0.5) is 0 Å². The van der Waals surface area contributed by atoms with Crippen molar-refractivity contribution in [2.24, 2.45) is 0 Å². The Morgan fingerprint density at radius 2 is 1.69 bits per heavy atom. The Labute approximate surface area is 192 Å². The maximum atomic E-state index is 12.9. The maximum Gasteiger partial charge on any atom is 0.251 e. The summed E-state index contributed by atoms with van der Waals surface area (Å²) in [5.41, 5.74) is 2.33. The molecule has 0 saturated carbocycles. The van der Waals surface area contributed by atoms with Crippen LogP contribution in [0.1, 0.15) is 34.5 Å². The first kappa shape index (κ1) is 21.7. The zero-order valence-electron chi connectivity index (χ0n) is 18.0. The zero-order chi connectivity index (χ0) is 22.5. The fourth-order valence-electron chi connectivity index (χ4n) is 3.62. The SMILES string of the molecule is COc1ccc(C(=O)N[C@@H](C)c2ccc(Cl)cc2)cc1COc1cccc2ccccc12. The number of carbonyl (C=O) groups is 1. The predicted molar refractivity (Wildman–Crippen MR) is 129 cm³/mol. The highest BCUT2D eigenvalue weighted by molar-refractivity contribution is 6.30. The zero-order valence-corrected chi connectivity index (χ0v) is 18.7. The Morgan fingerprint density at radius 1 is 0.938 bits per heavy atom. The van der Waals surface area contributed by atoms with Crippen LogP contribution in [0.3, 0.4) is 0 Å². The second-order valence-corrected chi connectivity index (χ2v) is 7.98. The first-order chi connectivity index (χ1) is 15.5. The summed E-state index contributed by atoms with van der Waals surface area (Å²) in [7, 11) is 1.61.